The van der Waals surface area contributed by atoms with Gasteiger partial charge < -0.3 is 23.7 Å². The summed E-state index contributed by atoms with van der Waals surface area (Å²) in [5.74, 6) is 0.914. The van der Waals surface area contributed by atoms with Crippen LogP contribution in [0.5, 0.6) is 0 Å². The van der Waals surface area contributed by atoms with Crippen LogP contribution < -0.4 is 5.43 Å². The Labute approximate surface area is 121 Å². The van der Waals surface area contributed by atoms with Crippen LogP contribution in [0.1, 0.15) is 0 Å². The summed E-state index contributed by atoms with van der Waals surface area (Å²) in [6.45, 7) is 3.57. The summed E-state index contributed by atoms with van der Waals surface area (Å²) >= 11 is 0. The number of hydrazine groups is 1. The molecule has 1 N–H and O–H groups in total. The van der Waals surface area contributed by atoms with Gasteiger partial charge in [-0.05, 0) is 0 Å². The van der Waals surface area contributed by atoms with Gasteiger partial charge in [-0.3, -0.25) is 0 Å². The second kappa shape index (κ2) is 5.68. The van der Waals surface area contributed by atoms with Gasteiger partial charge in [0.1, 0.15) is 38.1 Å². The smallest absolute Gasteiger partial charge is 0.240 e. The number of ether oxygens (including phenoxy) is 5. The largest absolute Gasteiger partial charge is 0.475 e. The predicted octanol–water partition coefficient (Wildman–Crippen LogP) is -0.877. The van der Waals surface area contributed by atoms with Gasteiger partial charge in [0, 0.05) is 0 Å². The zero-order chi connectivity index (χ0) is 14.1. The Hall–Kier alpha value is -1.55. The Balaban J connectivity index is 1.32. The van der Waals surface area contributed by atoms with E-state index in [9.17, 15) is 0 Å². The van der Waals surface area contributed by atoms with Crippen molar-refractivity contribution in [1.82, 2.24) is 10.7 Å². The van der Waals surface area contributed by atoms with Crippen molar-refractivity contribution in [3.63, 3.8) is 0 Å². The van der Waals surface area contributed by atoms with Crippen LogP contribution in [0.4, 0.5) is 0 Å². The van der Waals surface area contributed by atoms with Crippen LogP contribution in [0, 0.1) is 0 Å². The van der Waals surface area contributed by atoms with E-state index in [1.165, 1.54) is 5.28 Å². The van der Waals surface area contributed by atoms with E-state index in [2.05, 4.69) is 10.5 Å². The molecule has 9 nitrogen and oxygen atoms in total. The Morgan fingerprint density at radius 3 is 2.33 bits per heavy atom. The van der Waals surface area contributed by atoms with Crippen LogP contribution in [-0.2, 0) is 28.5 Å². The molecule has 4 aliphatic rings. The van der Waals surface area contributed by atoms with E-state index in [-0.39, 0.29) is 18.3 Å². The van der Waals surface area contributed by atoms with Gasteiger partial charge in [-0.25, -0.2) is 10.3 Å². The van der Waals surface area contributed by atoms with Gasteiger partial charge in [-0.15, -0.1) is 0 Å². The molecule has 0 amide bonds. The zero-order valence-corrected chi connectivity index (χ0v) is 11.4. The summed E-state index contributed by atoms with van der Waals surface area (Å²) in [5, 5.41) is 5.40. The molecular weight excluding hydrogens is 282 g/mol. The van der Waals surface area contributed by atoms with Gasteiger partial charge in [0.2, 0.25) is 11.8 Å². The minimum atomic E-state index is 0.140. The molecule has 3 atom stereocenters. The van der Waals surface area contributed by atoms with Crippen LogP contribution in [0.2, 0.25) is 0 Å². The van der Waals surface area contributed by atoms with Gasteiger partial charge in [0.05, 0.1) is 25.9 Å². The lowest BCUT2D eigenvalue weighted by Gasteiger charge is -2.25. The van der Waals surface area contributed by atoms with Gasteiger partial charge in [-0.2, -0.15) is 0 Å². The first kappa shape index (κ1) is 13.1. The van der Waals surface area contributed by atoms with Crippen LogP contribution in [-0.4, -0.2) is 69.1 Å². The molecule has 0 spiro atoms. The second-order valence-corrected chi connectivity index (χ2v) is 5.12. The van der Waals surface area contributed by atoms with E-state index in [1.807, 2.05) is 0 Å². The van der Waals surface area contributed by atoms with Crippen molar-refractivity contribution in [2.45, 2.75) is 18.3 Å². The number of nitrogens with zero attached hydrogens (tertiary/aromatic N) is 2. The first-order valence-electron chi connectivity index (χ1n) is 6.95. The van der Waals surface area contributed by atoms with Crippen LogP contribution >= 0.6 is 0 Å². The molecule has 4 aliphatic heterocycles. The Morgan fingerprint density at radius 2 is 1.67 bits per heavy atom. The van der Waals surface area contributed by atoms with Crippen LogP contribution in [0.3, 0.4) is 0 Å². The molecule has 4 heterocycles. The zero-order valence-electron chi connectivity index (χ0n) is 11.4. The molecule has 0 aromatic heterocycles. The highest BCUT2D eigenvalue weighted by Crippen LogP contribution is 2.15. The number of rotatable bonds is 8. The van der Waals surface area contributed by atoms with Crippen molar-refractivity contribution in [1.29, 1.82) is 0 Å². The maximum atomic E-state index is 5.59. The quantitative estimate of drug-likeness (QED) is 0.578. The number of hydrogen-bond donors (Lipinski definition) is 1. The summed E-state index contributed by atoms with van der Waals surface area (Å²) in [6.07, 6.45) is 2.15. The molecule has 0 aliphatic carbocycles. The number of nitrogens with one attached hydrogen (secondary N) is 1. The van der Waals surface area contributed by atoms with Crippen molar-refractivity contribution in [2.75, 3.05) is 39.6 Å². The minimum Gasteiger partial charge on any atom is -0.475 e. The number of hydrazone groups is 1. The monoisotopic (exact) mass is 299 g/mol. The average Bonchev–Trinajstić information content (AvgIpc) is 3.38. The number of hydrogen-bond acceptors (Lipinski definition) is 9. The molecule has 21 heavy (non-hydrogen) atoms. The molecule has 4 rings (SSSR count). The lowest BCUT2D eigenvalue weighted by atomic mass is 10.5. The van der Waals surface area contributed by atoms with Gasteiger partial charge in [-0.1, -0.05) is 10.4 Å². The van der Waals surface area contributed by atoms with Crippen molar-refractivity contribution in [3.8, 4) is 0 Å². The summed E-state index contributed by atoms with van der Waals surface area (Å²) < 4.78 is 26.4. The molecule has 3 unspecified atom stereocenters. The molecular formula is C12H17N3O6. The van der Waals surface area contributed by atoms with Gasteiger partial charge in [0.25, 0.3) is 0 Å². The highest BCUT2D eigenvalue weighted by atomic mass is 16.8. The molecule has 0 aromatic rings. The Morgan fingerprint density at radius 1 is 1.05 bits per heavy atom. The Bertz CT molecular complexity index is 444. The van der Waals surface area contributed by atoms with Crippen molar-refractivity contribution < 1.29 is 28.5 Å². The maximum absolute atomic E-state index is 5.59. The lowest BCUT2D eigenvalue weighted by Crippen LogP contribution is -2.39. The second-order valence-electron chi connectivity index (χ2n) is 5.12. The van der Waals surface area contributed by atoms with Crippen LogP contribution in [0.25, 0.3) is 0 Å². The van der Waals surface area contributed by atoms with Crippen LogP contribution in [0.15, 0.2) is 17.1 Å². The summed E-state index contributed by atoms with van der Waals surface area (Å²) in [5.41, 5.74) is 2.89. The maximum Gasteiger partial charge on any atom is 0.240 e. The number of epoxide rings is 3. The molecule has 0 saturated carbocycles. The molecule has 3 saturated heterocycles. The third-order valence-corrected chi connectivity index (χ3v) is 3.08. The fraction of sp³-hybridized carbons (Fsp3) is 0.750. The van der Waals surface area contributed by atoms with E-state index < -0.39 is 0 Å². The molecule has 9 heteroatoms. The molecule has 0 aromatic carbocycles. The average molecular weight is 299 g/mol. The van der Waals surface area contributed by atoms with E-state index in [0.717, 1.165) is 19.8 Å². The topological polar surface area (TPSA) is 92.9 Å². The highest BCUT2D eigenvalue weighted by Gasteiger charge is 2.28. The predicted molar refractivity (Wildman–Crippen MR) is 67.6 cm³/mol. The van der Waals surface area contributed by atoms with Gasteiger partial charge >= 0.3 is 0 Å². The molecule has 0 bridgehead atoms. The van der Waals surface area contributed by atoms with Crippen molar-refractivity contribution >= 4 is 5.90 Å². The van der Waals surface area contributed by atoms with E-state index in [0.29, 0.717) is 31.6 Å². The summed E-state index contributed by atoms with van der Waals surface area (Å²) in [4.78, 5) is 5.46. The summed E-state index contributed by atoms with van der Waals surface area (Å²) in [7, 11) is 0. The van der Waals surface area contributed by atoms with Gasteiger partial charge in [0.15, 0.2) is 0 Å². The standard InChI is InChI=1S/C12H17N3O6/c1-11(19-5-8-2-16-8)13-15(21-7-10-4-18-10)14-12(1)20-6-9-3-17-9/h1,8-10,13H,2-7H2. The summed E-state index contributed by atoms with van der Waals surface area (Å²) in [6, 6.07) is 0. The molecule has 116 valence electrons. The fourth-order valence-electron chi connectivity index (χ4n) is 1.60. The third kappa shape index (κ3) is 4.21. The normalized spacial score (nSPS) is 32.8. The first-order valence-corrected chi connectivity index (χ1v) is 6.95. The van der Waals surface area contributed by atoms with E-state index in [4.69, 9.17) is 28.5 Å². The van der Waals surface area contributed by atoms with E-state index in [1.54, 1.807) is 6.08 Å². The Kier molecular flexibility index (Phi) is 3.55. The lowest BCUT2D eigenvalue weighted by molar-refractivity contribution is -0.202. The van der Waals surface area contributed by atoms with Crippen molar-refractivity contribution in [2.24, 2.45) is 5.10 Å². The molecule has 0 radical (unpaired) electrons. The highest BCUT2D eigenvalue weighted by molar-refractivity contribution is 5.88. The SMILES string of the molecule is C1=C(OCC2CO2)NN(OCC2CO2)N=C1OCC1CO1. The third-order valence-electron chi connectivity index (χ3n) is 3.08. The van der Waals surface area contributed by atoms with E-state index >= 15 is 0 Å². The molecule has 3 fully saturated rings. The fourth-order valence-corrected chi connectivity index (χ4v) is 1.60. The first-order chi connectivity index (χ1) is 10.3. The van der Waals surface area contributed by atoms with Crippen molar-refractivity contribution in [3.05, 3.63) is 12.0 Å². The minimum absolute atomic E-state index is 0.140.